The average Bonchev–Trinajstić information content (AvgIpc) is 2.85. The Hall–Kier alpha value is 0. The molecule has 0 spiro atoms. The van der Waals surface area contributed by atoms with Crippen molar-refractivity contribution in [3.8, 4) is 0 Å². The summed E-state index contributed by atoms with van der Waals surface area (Å²) in [7, 11) is 0. The summed E-state index contributed by atoms with van der Waals surface area (Å²) in [4.78, 5) is 0. The van der Waals surface area contributed by atoms with Gasteiger partial charge in [-0.3, -0.25) is 0 Å². The van der Waals surface area contributed by atoms with Crippen LogP contribution in [0.2, 0.25) is 0 Å². The highest BCUT2D eigenvalue weighted by molar-refractivity contribution is 5.02. The van der Waals surface area contributed by atoms with Crippen LogP contribution in [0, 0.1) is 35.5 Å². The Morgan fingerprint density at radius 2 is 1.62 bits per heavy atom. The average molecular weight is 180 g/mol. The van der Waals surface area contributed by atoms with E-state index in [4.69, 9.17) is 0 Å². The van der Waals surface area contributed by atoms with Crippen molar-refractivity contribution in [2.24, 2.45) is 35.5 Å². The quantitative estimate of drug-likeness (QED) is 0.616. The predicted molar refractivity (Wildman–Crippen MR) is 57.5 cm³/mol. The molecular weight excluding hydrogens is 156 g/mol. The normalized spacial score (nSPS) is 54.5. The molecule has 0 heterocycles. The first kappa shape index (κ1) is 9.55. The molecule has 0 aromatic rings. The van der Waals surface area contributed by atoms with Gasteiger partial charge in [0.2, 0.25) is 0 Å². The zero-order chi connectivity index (χ0) is 9.59. The van der Waals surface area contributed by atoms with Crippen LogP contribution in [0.5, 0.6) is 0 Å². The predicted octanol–water partition coefficient (Wildman–Crippen LogP) is 3.96. The molecule has 0 nitrogen and oxygen atoms in total. The summed E-state index contributed by atoms with van der Waals surface area (Å²) in [6.07, 6.45) is 4.38. The summed E-state index contributed by atoms with van der Waals surface area (Å²) in [6.45, 7) is 9.70. The highest BCUT2D eigenvalue weighted by Gasteiger charge is 2.54. The van der Waals surface area contributed by atoms with Crippen LogP contribution in [0.4, 0.5) is 0 Å². The maximum absolute atomic E-state index is 2.49. The van der Waals surface area contributed by atoms with E-state index >= 15 is 0 Å². The van der Waals surface area contributed by atoms with Gasteiger partial charge in [0.05, 0.1) is 0 Å². The SMILES string of the molecule is CCC1CC1C1C(C)C(CC)C1C. The van der Waals surface area contributed by atoms with Gasteiger partial charge in [-0.1, -0.05) is 40.5 Å². The van der Waals surface area contributed by atoms with Crippen LogP contribution in [0.3, 0.4) is 0 Å². The van der Waals surface area contributed by atoms with Crippen molar-refractivity contribution in [2.45, 2.75) is 47.0 Å². The van der Waals surface area contributed by atoms with E-state index in [1.807, 2.05) is 0 Å². The van der Waals surface area contributed by atoms with Crippen LogP contribution >= 0.6 is 0 Å². The molecule has 0 amide bonds. The lowest BCUT2D eigenvalue weighted by Crippen LogP contribution is -2.44. The second-order valence-electron chi connectivity index (χ2n) is 5.44. The zero-order valence-corrected chi connectivity index (χ0v) is 9.59. The molecule has 2 fully saturated rings. The van der Waals surface area contributed by atoms with Gasteiger partial charge in [0.25, 0.3) is 0 Å². The van der Waals surface area contributed by atoms with E-state index < -0.39 is 0 Å². The van der Waals surface area contributed by atoms with Gasteiger partial charge in [-0.25, -0.2) is 0 Å². The van der Waals surface area contributed by atoms with Crippen LogP contribution < -0.4 is 0 Å². The summed E-state index contributed by atoms with van der Waals surface area (Å²) < 4.78 is 0. The molecule has 2 saturated carbocycles. The number of hydrogen-bond donors (Lipinski definition) is 0. The molecule has 0 radical (unpaired) electrons. The first-order valence-electron chi connectivity index (χ1n) is 6.20. The molecule has 0 aromatic carbocycles. The van der Waals surface area contributed by atoms with Crippen molar-refractivity contribution >= 4 is 0 Å². The van der Waals surface area contributed by atoms with Crippen molar-refractivity contribution in [3.05, 3.63) is 0 Å². The van der Waals surface area contributed by atoms with E-state index in [-0.39, 0.29) is 0 Å². The molecule has 0 aliphatic heterocycles. The van der Waals surface area contributed by atoms with Crippen molar-refractivity contribution in [2.75, 3.05) is 0 Å². The molecule has 2 rings (SSSR count). The van der Waals surface area contributed by atoms with Gasteiger partial charge in [-0.2, -0.15) is 0 Å². The highest BCUT2D eigenvalue weighted by Crippen LogP contribution is 2.60. The minimum absolute atomic E-state index is 1.03. The topological polar surface area (TPSA) is 0 Å². The van der Waals surface area contributed by atoms with Crippen LogP contribution in [-0.4, -0.2) is 0 Å². The molecule has 0 saturated heterocycles. The minimum Gasteiger partial charge on any atom is -0.0651 e. The first-order valence-corrected chi connectivity index (χ1v) is 6.20. The molecule has 13 heavy (non-hydrogen) atoms. The fourth-order valence-electron chi connectivity index (χ4n) is 4.12. The second-order valence-corrected chi connectivity index (χ2v) is 5.44. The third-order valence-corrected chi connectivity index (χ3v) is 5.03. The summed E-state index contributed by atoms with van der Waals surface area (Å²) in [5.74, 6) is 6.42. The van der Waals surface area contributed by atoms with Crippen LogP contribution in [0.15, 0.2) is 0 Å². The minimum atomic E-state index is 1.03. The van der Waals surface area contributed by atoms with E-state index in [1.165, 1.54) is 12.8 Å². The summed E-state index contributed by atoms with van der Waals surface area (Å²) in [6, 6.07) is 0. The van der Waals surface area contributed by atoms with Crippen LogP contribution in [-0.2, 0) is 0 Å². The molecule has 2 aliphatic rings. The van der Waals surface area contributed by atoms with Gasteiger partial charge in [-0.15, -0.1) is 0 Å². The lowest BCUT2D eigenvalue weighted by atomic mass is 9.55. The second kappa shape index (κ2) is 3.29. The van der Waals surface area contributed by atoms with E-state index in [1.54, 1.807) is 6.42 Å². The van der Waals surface area contributed by atoms with Crippen molar-refractivity contribution in [1.29, 1.82) is 0 Å². The number of rotatable bonds is 3. The summed E-state index contributed by atoms with van der Waals surface area (Å²) in [5.41, 5.74) is 0. The molecule has 2 aliphatic carbocycles. The Kier molecular flexibility index (Phi) is 2.42. The molecule has 0 aromatic heterocycles. The molecule has 0 N–H and O–H groups in total. The van der Waals surface area contributed by atoms with Crippen molar-refractivity contribution in [1.82, 2.24) is 0 Å². The highest BCUT2D eigenvalue weighted by atomic mass is 14.6. The van der Waals surface area contributed by atoms with Gasteiger partial charge < -0.3 is 0 Å². The fraction of sp³-hybridized carbons (Fsp3) is 1.00. The van der Waals surface area contributed by atoms with Gasteiger partial charge in [0.15, 0.2) is 0 Å². The lowest BCUT2D eigenvalue weighted by molar-refractivity contribution is -0.0191. The molecule has 4 atom stereocenters. The van der Waals surface area contributed by atoms with Gasteiger partial charge in [0, 0.05) is 0 Å². The fourth-order valence-corrected chi connectivity index (χ4v) is 4.12. The summed E-state index contributed by atoms with van der Waals surface area (Å²) in [5, 5.41) is 0. The standard InChI is InChI=1S/C13H24/c1-5-10-7-12(10)13-8(3)11(6-2)9(13)4/h8-13H,5-7H2,1-4H3. The Labute approximate surface area is 83.1 Å². The lowest BCUT2D eigenvalue weighted by Gasteiger charge is -2.50. The van der Waals surface area contributed by atoms with E-state index in [0.29, 0.717) is 0 Å². The maximum atomic E-state index is 2.49. The van der Waals surface area contributed by atoms with Crippen molar-refractivity contribution in [3.63, 3.8) is 0 Å². The molecular formula is C13H24. The Morgan fingerprint density at radius 1 is 1.00 bits per heavy atom. The molecule has 0 bridgehead atoms. The van der Waals surface area contributed by atoms with Gasteiger partial charge in [0.1, 0.15) is 0 Å². The molecule has 0 heteroatoms. The van der Waals surface area contributed by atoms with Crippen LogP contribution in [0.25, 0.3) is 0 Å². The Balaban J connectivity index is 1.89. The smallest absolute Gasteiger partial charge is 0.0326 e. The van der Waals surface area contributed by atoms with E-state index in [9.17, 15) is 0 Å². The maximum Gasteiger partial charge on any atom is -0.0326 e. The van der Waals surface area contributed by atoms with Crippen LogP contribution in [0.1, 0.15) is 47.0 Å². The third-order valence-electron chi connectivity index (χ3n) is 5.03. The van der Waals surface area contributed by atoms with Gasteiger partial charge in [-0.05, 0) is 41.9 Å². The van der Waals surface area contributed by atoms with Gasteiger partial charge >= 0.3 is 0 Å². The van der Waals surface area contributed by atoms with Crippen molar-refractivity contribution < 1.29 is 0 Å². The monoisotopic (exact) mass is 180 g/mol. The summed E-state index contributed by atoms with van der Waals surface area (Å²) >= 11 is 0. The van der Waals surface area contributed by atoms with E-state index in [2.05, 4.69) is 27.7 Å². The number of hydrogen-bond acceptors (Lipinski definition) is 0. The molecule has 76 valence electrons. The zero-order valence-electron chi connectivity index (χ0n) is 9.59. The Morgan fingerprint density at radius 3 is 2.00 bits per heavy atom. The van der Waals surface area contributed by atoms with E-state index in [0.717, 1.165) is 35.5 Å². The molecule has 4 unspecified atom stereocenters. The first-order chi connectivity index (χ1) is 6.20. The Bertz CT molecular complexity index is 172. The third kappa shape index (κ3) is 1.33. The largest absolute Gasteiger partial charge is 0.0651 e.